The Morgan fingerprint density at radius 1 is 1.38 bits per heavy atom. The molecular formula is C11H21NO3S. The molecule has 1 aliphatic rings. The van der Waals surface area contributed by atoms with Gasteiger partial charge in [0, 0.05) is 24.1 Å². The molecule has 2 unspecified atom stereocenters. The Balaban J connectivity index is 2.26. The van der Waals surface area contributed by atoms with Crippen LogP contribution in [0.15, 0.2) is 0 Å². The first-order valence-corrected chi connectivity index (χ1v) is 7.75. The molecule has 1 rings (SSSR count). The van der Waals surface area contributed by atoms with Crippen LogP contribution in [0.2, 0.25) is 0 Å². The SMILES string of the molecule is CCS(=O)(=O)CCCC(=O)C1CCC(N)C1. The van der Waals surface area contributed by atoms with Gasteiger partial charge in [0.25, 0.3) is 0 Å². The Morgan fingerprint density at radius 3 is 2.56 bits per heavy atom. The molecule has 0 spiro atoms. The summed E-state index contributed by atoms with van der Waals surface area (Å²) in [4.78, 5) is 11.7. The first-order valence-electron chi connectivity index (χ1n) is 5.93. The number of Topliss-reactive ketones (excluding diaryl/α,β-unsaturated/α-hetero) is 1. The molecule has 1 fully saturated rings. The lowest BCUT2D eigenvalue weighted by molar-refractivity contribution is -0.122. The lowest BCUT2D eigenvalue weighted by atomic mass is 9.99. The van der Waals surface area contributed by atoms with Crippen molar-refractivity contribution in [2.24, 2.45) is 11.7 Å². The molecule has 0 heterocycles. The van der Waals surface area contributed by atoms with Gasteiger partial charge in [0.05, 0.1) is 5.75 Å². The fourth-order valence-electron chi connectivity index (χ4n) is 2.12. The highest BCUT2D eigenvalue weighted by Gasteiger charge is 2.27. The summed E-state index contributed by atoms with van der Waals surface area (Å²) in [6, 6.07) is 0.160. The van der Waals surface area contributed by atoms with Gasteiger partial charge in [-0.1, -0.05) is 6.92 Å². The molecule has 0 saturated heterocycles. The van der Waals surface area contributed by atoms with Crippen LogP contribution in [0.4, 0.5) is 0 Å². The van der Waals surface area contributed by atoms with Crippen LogP contribution in [0, 0.1) is 5.92 Å². The molecule has 94 valence electrons. The zero-order valence-corrected chi connectivity index (χ0v) is 10.6. The van der Waals surface area contributed by atoms with Crippen LogP contribution in [0.25, 0.3) is 0 Å². The molecule has 0 amide bonds. The van der Waals surface area contributed by atoms with E-state index in [0.29, 0.717) is 12.8 Å². The fraction of sp³-hybridized carbons (Fsp3) is 0.909. The summed E-state index contributed by atoms with van der Waals surface area (Å²) in [5, 5.41) is 0. The van der Waals surface area contributed by atoms with Crippen molar-refractivity contribution >= 4 is 15.6 Å². The highest BCUT2D eigenvalue weighted by atomic mass is 32.2. The van der Waals surface area contributed by atoms with Crippen molar-refractivity contribution in [3.8, 4) is 0 Å². The predicted molar refractivity (Wildman–Crippen MR) is 63.9 cm³/mol. The molecule has 0 radical (unpaired) electrons. The van der Waals surface area contributed by atoms with Crippen LogP contribution in [0.1, 0.15) is 39.0 Å². The molecule has 2 atom stereocenters. The quantitative estimate of drug-likeness (QED) is 0.756. The number of hydrogen-bond donors (Lipinski definition) is 1. The molecule has 0 aliphatic heterocycles. The number of carbonyl (C=O) groups excluding carboxylic acids is 1. The van der Waals surface area contributed by atoms with Crippen molar-refractivity contribution in [3.63, 3.8) is 0 Å². The molecule has 0 aromatic rings. The largest absolute Gasteiger partial charge is 0.328 e. The van der Waals surface area contributed by atoms with Crippen LogP contribution in [0.3, 0.4) is 0 Å². The maximum atomic E-state index is 11.7. The van der Waals surface area contributed by atoms with Crippen LogP contribution in [-0.2, 0) is 14.6 Å². The summed E-state index contributed by atoms with van der Waals surface area (Å²) >= 11 is 0. The minimum Gasteiger partial charge on any atom is -0.328 e. The van der Waals surface area contributed by atoms with Crippen LogP contribution < -0.4 is 5.73 Å². The molecule has 2 N–H and O–H groups in total. The van der Waals surface area contributed by atoms with E-state index in [-0.39, 0.29) is 29.2 Å². The summed E-state index contributed by atoms with van der Waals surface area (Å²) in [5.74, 6) is 0.572. The van der Waals surface area contributed by atoms with Gasteiger partial charge in [0.2, 0.25) is 0 Å². The van der Waals surface area contributed by atoms with Crippen molar-refractivity contribution in [2.75, 3.05) is 11.5 Å². The predicted octanol–water partition coefficient (Wildman–Crippen LogP) is 0.898. The van der Waals surface area contributed by atoms with E-state index in [1.54, 1.807) is 6.92 Å². The number of nitrogens with two attached hydrogens (primary N) is 1. The zero-order chi connectivity index (χ0) is 12.2. The van der Waals surface area contributed by atoms with Gasteiger partial charge >= 0.3 is 0 Å². The van der Waals surface area contributed by atoms with E-state index >= 15 is 0 Å². The smallest absolute Gasteiger partial charge is 0.150 e. The fourth-order valence-corrected chi connectivity index (χ4v) is 3.00. The molecule has 0 aromatic heterocycles. The Hall–Kier alpha value is -0.420. The second-order valence-electron chi connectivity index (χ2n) is 4.58. The third-order valence-electron chi connectivity index (χ3n) is 3.25. The van der Waals surface area contributed by atoms with Crippen molar-refractivity contribution in [3.05, 3.63) is 0 Å². The minimum absolute atomic E-state index is 0.0827. The third-order valence-corrected chi connectivity index (χ3v) is 5.04. The molecule has 16 heavy (non-hydrogen) atoms. The van der Waals surface area contributed by atoms with Gasteiger partial charge in [-0.25, -0.2) is 8.42 Å². The summed E-state index contributed by atoms with van der Waals surface area (Å²) in [7, 11) is -2.93. The van der Waals surface area contributed by atoms with E-state index in [1.165, 1.54) is 0 Å². The summed E-state index contributed by atoms with van der Waals surface area (Å²) in [6.07, 6.45) is 3.42. The molecule has 0 bridgehead atoms. The van der Waals surface area contributed by atoms with Crippen molar-refractivity contribution in [1.82, 2.24) is 0 Å². The standard InChI is InChI=1S/C11H21NO3S/c1-2-16(14,15)7-3-4-11(13)9-5-6-10(12)8-9/h9-10H,2-8,12H2,1H3. The number of hydrogen-bond acceptors (Lipinski definition) is 4. The Bertz CT molecular complexity index is 337. The first kappa shape index (κ1) is 13.6. The van der Waals surface area contributed by atoms with E-state index in [2.05, 4.69) is 0 Å². The number of sulfone groups is 1. The average Bonchev–Trinajstić information content (AvgIpc) is 2.64. The lowest BCUT2D eigenvalue weighted by Crippen LogP contribution is -2.18. The van der Waals surface area contributed by atoms with E-state index in [1.807, 2.05) is 0 Å². The molecule has 1 saturated carbocycles. The van der Waals surface area contributed by atoms with Gasteiger partial charge < -0.3 is 5.73 Å². The first-order chi connectivity index (χ1) is 7.44. The molecule has 4 nitrogen and oxygen atoms in total. The van der Waals surface area contributed by atoms with E-state index in [4.69, 9.17) is 5.73 Å². The maximum absolute atomic E-state index is 11.7. The van der Waals surface area contributed by atoms with E-state index in [0.717, 1.165) is 19.3 Å². The summed E-state index contributed by atoms with van der Waals surface area (Å²) in [5.41, 5.74) is 5.73. The van der Waals surface area contributed by atoms with Crippen LogP contribution >= 0.6 is 0 Å². The Kier molecular flexibility index (Phi) is 4.92. The zero-order valence-electron chi connectivity index (χ0n) is 9.81. The number of ketones is 1. The van der Waals surface area contributed by atoms with E-state index < -0.39 is 9.84 Å². The lowest BCUT2D eigenvalue weighted by Gasteiger charge is -2.08. The molecule has 1 aliphatic carbocycles. The minimum atomic E-state index is -2.93. The van der Waals surface area contributed by atoms with Crippen LogP contribution in [0.5, 0.6) is 0 Å². The molecular weight excluding hydrogens is 226 g/mol. The summed E-state index contributed by atoms with van der Waals surface area (Å²) < 4.78 is 22.4. The van der Waals surface area contributed by atoms with Gasteiger partial charge in [-0.2, -0.15) is 0 Å². The van der Waals surface area contributed by atoms with Gasteiger partial charge in [-0.3, -0.25) is 4.79 Å². The normalized spacial score (nSPS) is 25.9. The highest BCUT2D eigenvalue weighted by Crippen LogP contribution is 2.26. The Labute approximate surface area is 97.5 Å². The summed E-state index contributed by atoms with van der Waals surface area (Å²) in [6.45, 7) is 1.63. The van der Waals surface area contributed by atoms with Crippen molar-refractivity contribution in [1.29, 1.82) is 0 Å². The van der Waals surface area contributed by atoms with Crippen molar-refractivity contribution in [2.45, 2.75) is 45.1 Å². The maximum Gasteiger partial charge on any atom is 0.150 e. The topological polar surface area (TPSA) is 77.2 Å². The van der Waals surface area contributed by atoms with Crippen molar-refractivity contribution < 1.29 is 13.2 Å². The number of rotatable bonds is 6. The van der Waals surface area contributed by atoms with Gasteiger partial charge in [0.1, 0.15) is 15.6 Å². The van der Waals surface area contributed by atoms with Gasteiger partial charge in [-0.15, -0.1) is 0 Å². The second kappa shape index (κ2) is 5.77. The van der Waals surface area contributed by atoms with Gasteiger partial charge in [0.15, 0.2) is 0 Å². The third kappa shape index (κ3) is 4.22. The highest BCUT2D eigenvalue weighted by molar-refractivity contribution is 7.91. The Morgan fingerprint density at radius 2 is 2.06 bits per heavy atom. The monoisotopic (exact) mass is 247 g/mol. The average molecular weight is 247 g/mol. The molecule has 5 heteroatoms. The van der Waals surface area contributed by atoms with E-state index in [9.17, 15) is 13.2 Å². The number of carbonyl (C=O) groups is 1. The molecule has 0 aromatic carbocycles. The van der Waals surface area contributed by atoms with Gasteiger partial charge in [-0.05, 0) is 25.7 Å². The second-order valence-corrected chi connectivity index (χ2v) is 7.05. The van der Waals surface area contributed by atoms with Crippen LogP contribution in [-0.4, -0.2) is 31.7 Å².